The molecule has 1 amide bonds. The largest absolute Gasteiger partial charge is 0.341 e. The van der Waals surface area contributed by atoms with Gasteiger partial charge in [-0.05, 0) is 46.7 Å². The molecule has 7 heteroatoms. The van der Waals surface area contributed by atoms with Crippen molar-refractivity contribution in [3.63, 3.8) is 0 Å². The predicted molar refractivity (Wildman–Crippen MR) is 103 cm³/mol. The van der Waals surface area contributed by atoms with Crippen molar-refractivity contribution in [3.8, 4) is 5.69 Å². The fraction of sp³-hybridized carbons (Fsp3) is 0.176. The van der Waals surface area contributed by atoms with Crippen LogP contribution in [0.25, 0.3) is 5.69 Å². The zero-order chi connectivity index (χ0) is 16.9. The summed E-state index contributed by atoms with van der Waals surface area (Å²) in [7, 11) is 1.84. The molecule has 0 saturated heterocycles. The van der Waals surface area contributed by atoms with Gasteiger partial charge in [-0.3, -0.25) is 9.36 Å². The molecule has 0 radical (unpaired) electrons. The van der Waals surface area contributed by atoms with Crippen LogP contribution in [0.15, 0.2) is 63.1 Å². The Labute approximate surface area is 157 Å². The summed E-state index contributed by atoms with van der Waals surface area (Å²) < 4.78 is 3.02. The number of thioether (sulfide) groups is 1. The molecule has 0 aliphatic heterocycles. The van der Waals surface area contributed by atoms with Gasteiger partial charge in [0.15, 0.2) is 5.16 Å². The van der Waals surface area contributed by atoms with E-state index in [1.165, 1.54) is 11.8 Å². The number of nitrogens with zero attached hydrogens (tertiary/aromatic N) is 3. The van der Waals surface area contributed by atoms with E-state index < -0.39 is 0 Å². The van der Waals surface area contributed by atoms with Gasteiger partial charge in [0.25, 0.3) is 0 Å². The molecule has 2 aromatic heterocycles. The van der Waals surface area contributed by atoms with Crippen molar-refractivity contribution in [1.29, 1.82) is 0 Å². The fourth-order valence-corrected chi connectivity index (χ4v) is 4.01. The van der Waals surface area contributed by atoms with E-state index in [4.69, 9.17) is 0 Å². The van der Waals surface area contributed by atoms with Crippen LogP contribution in [-0.2, 0) is 11.3 Å². The molecule has 3 aromatic rings. The van der Waals surface area contributed by atoms with Crippen LogP contribution in [0.5, 0.6) is 0 Å². The molecule has 1 aromatic carbocycles. The zero-order valence-electron chi connectivity index (χ0n) is 13.1. The van der Waals surface area contributed by atoms with Gasteiger partial charge in [-0.1, -0.05) is 27.7 Å². The number of hydrogen-bond donors (Lipinski definition) is 0. The number of imidazole rings is 1. The second-order valence-corrected chi connectivity index (χ2v) is 7.86. The number of aromatic nitrogens is 2. The van der Waals surface area contributed by atoms with Gasteiger partial charge >= 0.3 is 0 Å². The summed E-state index contributed by atoms with van der Waals surface area (Å²) in [5.74, 6) is 0.463. The maximum absolute atomic E-state index is 12.3. The monoisotopic (exact) mass is 421 g/mol. The van der Waals surface area contributed by atoms with E-state index in [1.54, 1.807) is 22.4 Å². The Kier molecular flexibility index (Phi) is 5.76. The highest BCUT2D eigenvalue weighted by Crippen LogP contribution is 2.22. The van der Waals surface area contributed by atoms with E-state index in [0.29, 0.717) is 12.3 Å². The normalized spacial score (nSPS) is 10.8. The van der Waals surface area contributed by atoms with Gasteiger partial charge in [-0.2, -0.15) is 11.3 Å². The summed E-state index contributed by atoms with van der Waals surface area (Å²) in [6.07, 6.45) is 3.66. The summed E-state index contributed by atoms with van der Waals surface area (Å²) >= 11 is 6.54. The van der Waals surface area contributed by atoms with E-state index in [1.807, 2.05) is 53.5 Å². The Hall–Kier alpha value is -1.57. The molecule has 3 rings (SSSR count). The number of thiophene rings is 1. The SMILES string of the molecule is CN(Cc1ccsc1)C(=O)CSc1nccn1-c1ccc(Br)cc1. The average molecular weight is 422 g/mol. The van der Waals surface area contributed by atoms with Crippen molar-refractivity contribution in [2.75, 3.05) is 12.8 Å². The van der Waals surface area contributed by atoms with Crippen molar-refractivity contribution >= 4 is 44.9 Å². The second kappa shape index (κ2) is 8.00. The van der Waals surface area contributed by atoms with Crippen LogP contribution in [0.1, 0.15) is 5.56 Å². The van der Waals surface area contributed by atoms with Crippen LogP contribution in [0.3, 0.4) is 0 Å². The lowest BCUT2D eigenvalue weighted by atomic mass is 10.3. The average Bonchev–Trinajstić information content (AvgIpc) is 3.25. The molecule has 0 bridgehead atoms. The minimum atomic E-state index is 0.0940. The third-order valence-corrected chi connectivity index (χ3v) is 5.67. The first kappa shape index (κ1) is 17.3. The molecular weight excluding hydrogens is 406 g/mol. The number of halogens is 1. The highest BCUT2D eigenvalue weighted by molar-refractivity contribution is 9.10. The van der Waals surface area contributed by atoms with E-state index in [-0.39, 0.29) is 5.91 Å². The third-order valence-electron chi connectivity index (χ3n) is 3.46. The quantitative estimate of drug-likeness (QED) is 0.551. The van der Waals surface area contributed by atoms with Crippen LogP contribution in [-0.4, -0.2) is 33.2 Å². The van der Waals surface area contributed by atoms with Crippen LogP contribution in [0, 0.1) is 0 Å². The molecule has 124 valence electrons. The molecule has 0 aliphatic rings. The Morgan fingerprint density at radius 2 is 2.12 bits per heavy atom. The number of carbonyl (C=O) groups excluding carboxylic acids is 1. The van der Waals surface area contributed by atoms with Crippen LogP contribution in [0.2, 0.25) is 0 Å². The Bertz CT molecular complexity index is 800. The van der Waals surface area contributed by atoms with E-state index in [9.17, 15) is 4.79 Å². The summed E-state index contributed by atoms with van der Waals surface area (Å²) in [5.41, 5.74) is 2.19. The maximum Gasteiger partial charge on any atom is 0.233 e. The van der Waals surface area contributed by atoms with Crippen molar-refractivity contribution in [3.05, 3.63) is 63.5 Å². The molecule has 0 saturated carbocycles. The fourth-order valence-electron chi connectivity index (χ4n) is 2.18. The van der Waals surface area contributed by atoms with Crippen molar-refractivity contribution in [2.24, 2.45) is 0 Å². The molecule has 24 heavy (non-hydrogen) atoms. The number of amides is 1. The highest BCUT2D eigenvalue weighted by atomic mass is 79.9. The molecule has 0 spiro atoms. The Balaban J connectivity index is 1.62. The standard InChI is InChI=1S/C17H16BrN3OS2/c1-20(10-13-6-9-23-11-13)16(22)12-24-17-19-7-8-21(17)15-4-2-14(18)3-5-15/h2-9,11H,10,12H2,1H3. The molecular formula is C17H16BrN3OS2. The second-order valence-electron chi connectivity index (χ2n) is 5.23. The number of rotatable bonds is 6. The highest BCUT2D eigenvalue weighted by Gasteiger charge is 2.13. The molecule has 0 aliphatic carbocycles. The van der Waals surface area contributed by atoms with Gasteiger partial charge in [0.1, 0.15) is 0 Å². The first-order valence-electron chi connectivity index (χ1n) is 7.30. The van der Waals surface area contributed by atoms with E-state index in [2.05, 4.69) is 26.3 Å². The number of carbonyl (C=O) groups is 1. The van der Waals surface area contributed by atoms with Gasteiger partial charge in [0, 0.05) is 36.1 Å². The van der Waals surface area contributed by atoms with Crippen LogP contribution >= 0.6 is 39.0 Å². The van der Waals surface area contributed by atoms with Gasteiger partial charge in [0.05, 0.1) is 5.75 Å². The summed E-state index contributed by atoms with van der Waals surface area (Å²) in [6.45, 7) is 0.643. The lowest BCUT2D eigenvalue weighted by molar-refractivity contribution is -0.127. The summed E-state index contributed by atoms with van der Waals surface area (Å²) in [6, 6.07) is 10.1. The molecule has 0 atom stereocenters. The van der Waals surface area contributed by atoms with Crippen LogP contribution < -0.4 is 0 Å². The van der Waals surface area contributed by atoms with Gasteiger partial charge in [-0.25, -0.2) is 4.98 Å². The van der Waals surface area contributed by atoms with E-state index in [0.717, 1.165) is 20.9 Å². The minimum Gasteiger partial charge on any atom is -0.341 e. The number of hydrogen-bond acceptors (Lipinski definition) is 4. The minimum absolute atomic E-state index is 0.0940. The Morgan fingerprint density at radius 3 is 2.83 bits per heavy atom. The Morgan fingerprint density at radius 1 is 1.33 bits per heavy atom. The number of benzene rings is 1. The molecule has 0 unspecified atom stereocenters. The molecule has 2 heterocycles. The zero-order valence-corrected chi connectivity index (χ0v) is 16.3. The van der Waals surface area contributed by atoms with E-state index >= 15 is 0 Å². The van der Waals surface area contributed by atoms with Crippen molar-refractivity contribution in [2.45, 2.75) is 11.7 Å². The molecule has 0 fully saturated rings. The lowest BCUT2D eigenvalue weighted by Crippen LogP contribution is -2.27. The maximum atomic E-state index is 12.3. The van der Waals surface area contributed by atoms with Gasteiger partial charge < -0.3 is 4.90 Å². The summed E-state index contributed by atoms with van der Waals surface area (Å²) in [4.78, 5) is 18.4. The van der Waals surface area contributed by atoms with Gasteiger partial charge in [-0.15, -0.1) is 0 Å². The van der Waals surface area contributed by atoms with Crippen molar-refractivity contribution in [1.82, 2.24) is 14.5 Å². The topological polar surface area (TPSA) is 38.1 Å². The molecule has 4 nitrogen and oxygen atoms in total. The van der Waals surface area contributed by atoms with Crippen LogP contribution in [0.4, 0.5) is 0 Å². The lowest BCUT2D eigenvalue weighted by Gasteiger charge is -2.16. The third kappa shape index (κ3) is 4.28. The summed E-state index contributed by atoms with van der Waals surface area (Å²) in [5, 5.41) is 4.91. The smallest absolute Gasteiger partial charge is 0.233 e. The predicted octanol–water partition coefficient (Wildman–Crippen LogP) is 4.45. The first-order valence-corrected chi connectivity index (χ1v) is 10.0. The molecule has 0 N–H and O–H groups in total. The van der Waals surface area contributed by atoms with Gasteiger partial charge in [0.2, 0.25) is 5.91 Å². The first-order chi connectivity index (χ1) is 11.6. The van der Waals surface area contributed by atoms with Crippen molar-refractivity contribution < 1.29 is 4.79 Å².